The van der Waals surface area contributed by atoms with Crippen molar-refractivity contribution in [3.8, 4) is 0 Å². The molecule has 3 atom stereocenters. The van der Waals surface area contributed by atoms with Crippen molar-refractivity contribution in [3.05, 3.63) is 71.8 Å². The first-order chi connectivity index (χ1) is 16.9. The van der Waals surface area contributed by atoms with Crippen molar-refractivity contribution in [2.24, 2.45) is 0 Å². The molecule has 1 N–H and O–H groups in total. The molecular formula is C27H31N3O5. The van der Waals surface area contributed by atoms with Gasteiger partial charge in [-0.2, -0.15) is 0 Å². The molecule has 0 saturated carbocycles. The standard InChI is InChI=1S/C27H31N3O5/c1-29(24-13-8-16-35-24)27(34)25(32)21(17-19-9-4-2-5-10-19)28-26(33)22-14-15-23(31)30(22)18-20-11-6-3-7-12-20/h2-7,9-12,21-22,24H,8,13-18H2,1H3,(H,28,33)/t21?,22?,24-/m1/s1. The Morgan fingerprint density at radius 1 is 1.03 bits per heavy atom. The minimum Gasteiger partial charge on any atom is -0.358 e. The number of hydrogen-bond donors (Lipinski definition) is 1. The van der Waals surface area contributed by atoms with E-state index in [1.807, 2.05) is 60.7 Å². The summed E-state index contributed by atoms with van der Waals surface area (Å²) in [5.74, 6) is -1.91. The van der Waals surface area contributed by atoms with Crippen molar-refractivity contribution in [1.82, 2.24) is 15.1 Å². The maximum absolute atomic E-state index is 13.3. The van der Waals surface area contributed by atoms with Gasteiger partial charge < -0.3 is 19.9 Å². The monoisotopic (exact) mass is 477 g/mol. The minimum atomic E-state index is -1.05. The number of amides is 3. The SMILES string of the molecule is CN(C(=O)C(=O)C(Cc1ccccc1)NC(=O)C1CCC(=O)N1Cc1ccccc1)[C@H]1CCCO1. The molecular weight excluding hydrogens is 446 g/mol. The molecule has 0 aromatic heterocycles. The lowest BCUT2D eigenvalue weighted by Gasteiger charge is -2.28. The van der Waals surface area contributed by atoms with Crippen molar-refractivity contribution >= 4 is 23.5 Å². The van der Waals surface area contributed by atoms with E-state index < -0.39 is 35.9 Å². The van der Waals surface area contributed by atoms with Gasteiger partial charge in [0.25, 0.3) is 5.91 Å². The number of ketones is 1. The zero-order chi connectivity index (χ0) is 24.8. The topological polar surface area (TPSA) is 96.0 Å². The fourth-order valence-electron chi connectivity index (χ4n) is 4.63. The van der Waals surface area contributed by atoms with E-state index >= 15 is 0 Å². The summed E-state index contributed by atoms with van der Waals surface area (Å²) in [4.78, 5) is 55.1. The maximum atomic E-state index is 13.3. The Hall–Kier alpha value is -3.52. The molecule has 35 heavy (non-hydrogen) atoms. The highest BCUT2D eigenvalue weighted by Crippen LogP contribution is 2.22. The summed E-state index contributed by atoms with van der Waals surface area (Å²) >= 11 is 0. The Balaban J connectivity index is 1.50. The van der Waals surface area contributed by atoms with Crippen LogP contribution in [0.3, 0.4) is 0 Å². The molecule has 4 rings (SSSR count). The van der Waals surface area contributed by atoms with Crippen molar-refractivity contribution in [3.63, 3.8) is 0 Å². The van der Waals surface area contributed by atoms with Crippen LogP contribution in [-0.4, -0.2) is 65.3 Å². The summed E-state index contributed by atoms with van der Waals surface area (Å²) in [5, 5.41) is 2.80. The molecule has 2 aliphatic heterocycles. The van der Waals surface area contributed by atoms with Crippen LogP contribution in [-0.2, 0) is 36.9 Å². The summed E-state index contributed by atoms with van der Waals surface area (Å²) in [6, 6.07) is 17.0. The van der Waals surface area contributed by atoms with Crippen LogP contribution in [0.5, 0.6) is 0 Å². The van der Waals surface area contributed by atoms with E-state index in [1.54, 1.807) is 11.9 Å². The van der Waals surface area contributed by atoms with Gasteiger partial charge in [-0.25, -0.2) is 0 Å². The van der Waals surface area contributed by atoms with Crippen LogP contribution >= 0.6 is 0 Å². The molecule has 2 aromatic carbocycles. The average molecular weight is 478 g/mol. The Morgan fingerprint density at radius 2 is 1.69 bits per heavy atom. The summed E-state index contributed by atoms with van der Waals surface area (Å²) in [6.45, 7) is 0.864. The number of rotatable bonds is 9. The average Bonchev–Trinajstić information content (AvgIpc) is 3.54. The number of Topliss-reactive ketones (excluding diaryl/α,β-unsaturated/α-hetero) is 1. The third-order valence-corrected chi connectivity index (χ3v) is 6.61. The molecule has 2 heterocycles. The molecule has 184 valence electrons. The lowest BCUT2D eigenvalue weighted by molar-refractivity contribution is -0.152. The van der Waals surface area contributed by atoms with E-state index in [9.17, 15) is 19.2 Å². The molecule has 2 saturated heterocycles. The van der Waals surface area contributed by atoms with Gasteiger partial charge in [0.15, 0.2) is 0 Å². The molecule has 3 amide bonds. The molecule has 0 aliphatic carbocycles. The summed E-state index contributed by atoms with van der Waals surface area (Å²) in [6.07, 6.45) is 1.87. The fourth-order valence-corrected chi connectivity index (χ4v) is 4.63. The van der Waals surface area contributed by atoms with Gasteiger partial charge in [-0.1, -0.05) is 60.7 Å². The van der Waals surface area contributed by atoms with E-state index in [-0.39, 0.29) is 18.7 Å². The van der Waals surface area contributed by atoms with Gasteiger partial charge in [0.1, 0.15) is 18.3 Å². The highest BCUT2D eigenvalue weighted by Gasteiger charge is 2.39. The highest BCUT2D eigenvalue weighted by atomic mass is 16.5. The van der Waals surface area contributed by atoms with E-state index in [0.29, 0.717) is 26.0 Å². The van der Waals surface area contributed by atoms with Crippen LogP contribution in [0.2, 0.25) is 0 Å². The van der Waals surface area contributed by atoms with Crippen LogP contribution in [0.25, 0.3) is 0 Å². The summed E-state index contributed by atoms with van der Waals surface area (Å²) < 4.78 is 5.55. The first-order valence-corrected chi connectivity index (χ1v) is 12.0. The Bertz CT molecular complexity index is 1050. The fraction of sp³-hybridized carbons (Fsp3) is 0.407. The lowest BCUT2D eigenvalue weighted by atomic mass is 10.0. The van der Waals surface area contributed by atoms with Crippen LogP contribution in [0, 0.1) is 0 Å². The van der Waals surface area contributed by atoms with Crippen LogP contribution in [0.1, 0.15) is 36.8 Å². The second-order valence-electron chi connectivity index (χ2n) is 9.06. The molecule has 2 aliphatic rings. The molecule has 0 spiro atoms. The van der Waals surface area contributed by atoms with E-state index in [1.165, 1.54) is 4.90 Å². The first kappa shape index (κ1) is 24.6. The molecule has 2 fully saturated rings. The van der Waals surface area contributed by atoms with Crippen LogP contribution in [0.4, 0.5) is 0 Å². The van der Waals surface area contributed by atoms with Crippen molar-refractivity contribution in [1.29, 1.82) is 0 Å². The van der Waals surface area contributed by atoms with Gasteiger partial charge in [0.2, 0.25) is 17.6 Å². The van der Waals surface area contributed by atoms with Gasteiger partial charge in [0.05, 0.1) is 0 Å². The normalized spacial score (nSPS) is 20.5. The molecule has 2 unspecified atom stereocenters. The number of carbonyl (C=O) groups excluding carboxylic acids is 4. The third kappa shape index (κ3) is 5.95. The van der Waals surface area contributed by atoms with Crippen molar-refractivity contribution in [2.45, 2.75) is 57.0 Å². The smallest absolute Gasteiger partial charge is 0.293 e. The largest absolute Gasteiger partial charge is 0.358 e. The molecule has 8 nitrogen and oxygen atoms in total. The number of carbonyl (C=O) groups is 4. The number of hydrogen-bond acceptors (Lipinski definition) is 5. The van der Waals surface area contributed by atoms with E-state index in [4.69, 9.17) is 4.74 Å². The molecule has 0 radical (unpaired) electrons. The Morgan fingerprint density at radius 3 is 2.31 bits per heavy atom. The van der Waals surface area contributed by atoms with Gasteiger partial charge in [-0.05, 0) is 30.4 Å². The second kappa shape index (κ2) is 11.3. The van der Waals surface area contributed by atoms with E-state index in [0.717, 1.165) is 17.5 Å². The zero-order valence-corrected chi connectivity index (χ0v) is 19.9. The molecule has 2 aromatic rings. The van der Waals surface area contributed by atoms with Crippen molar-refractivity contribution in [2.75, 3.05) is 13.7 Å². The number of benzene rings is 2. The predicted molar refractivity (Wildman–Crippen MR) is 129 cm³/mol. The Labute approximate surface area is 205 Å². The number of likely N-dealkylation sites (tertiary alicyclic amines) is 1. The van der Waals surface area contributed by atoms with Crippen LogP contribution < -0.4 is 5.32 Å². The van der Waals surface area contributed by atoms with Crippen molar-refractivity contribution < 1.29 is 23.9 Å². The van der Waals surface area contributed by atoms with Gasteiger partial charge in [-0.3, -0.25) is 19.2 Å². The quantitative estimate of drug-likeness (QED) is 0.558. The number of nitrogens with one attached hydrogen (secondary N) is 1. The lowest BCUT2D eigenvalue weighted by Crippen LogP contribution is -2.54. The predicted octanol–water partition coefficient (Wildman–Crippen LogP) is 2.07. The first-order valence-electron chi connectivity index (χ1n) is 12.0. The number of likely N-dealkylation sites (N-methyl/N-ethyl adjacent to an activating group) is 1. The second-order valence-corrected chi connectivity index (χ2v) is 9.06. The molecule has 0 bridgehead atoms. The van der Waals surface area contributed by atoms with Gasteiger partial charge >= 0.3 is 0 Å². The minimum absolute atomic E-state index is 0.103. The summed E-state index contributed by atoms with van der Waals surface area (Å²) in [5.41, 5.74) is 1.74. The maximum Gasteiger partial charge on any atom is 0.293 e. The number of nitrogens with zero attached hydrogens (tertiary/aromatic N) is 2. The third-order valence-electron chi connectivity index (χ3n) is 6.61. The Kier molecular flexibility index (Phi) is 7.92. The molecule has 8 heteroatoms. The van der Waals surface area contributed by atoms with Crippen LogP contribution in [0.15, 0.2) is 60.7 Å². The summed E-state index contributed by atoms with van der Waals surface area (Å²) in [7, 11) is 1.55. The number of ether oxygens (including phenoxy) is 1. The van der Waals surface area contributed by atoms with Gasteiger partial charge in [-0.15, -0.1) is 0 Å². The highest BCUT2D eigenvalue weighted by molar-refractivity contribution is 6.38. The zero-order valence-electron chi connectivity index (χ0n) is 19.9. The van der Waals surface area contributed by atoms with Gasteiger partial charge in [0, 0.05) is 33.0 Å². The van der Waals surface area contributed by atoms with E-state index in [2.05, 4.69) is 5.32 Å².